The maximum absolute atomic E-state index is 12.6. The standard InChI is InChI=1S/C9H13F3N2OS/c1-8(13,9(10,11)12)6-5-16-7(14-6)3-4-15-2/h5H,3-4,13H2,1-2H3. The summed E-state index contributed by atoms with van der Waals surface area (Å²) in [5, 5.41) is 1.94. The van der Waals surface area contributed by atoms with Crippen molar-refractivity contribution in [1.82, 2.24) is 4.98 Å². The van der Waals surface area contributed by atoms with E-state index in [0.717, 1.165) is 18.3 Å². The molecule has 7 heteroatoms. The summed E-state index contributed by atoms with van der Waals surface area (Å²) in [6, 6.07) is 0. The quantitative estimate of drug-likeness (QED) is 0.894. The molecule has 0 aliphatic heterocycles. The molecule has 2 N–H and O–H groups in total. The first-order valence-electron chi connectivity index (χ1n) is 4.58. The maximum atomic E-state index is 12.6. The van der Waals surface area contributed by atoms with Gasteiger partial charge in [-0.3, -0.25) is 0 Å². The fourth-order valence-corrected chi connectivity index (χ4v) is 1.90. The summed E-state index contributed by atoms with van der Waals surface area (Å²) in [6.07, 6.45) is -4.01. The molecule has 0 spiro atoms. The maximum Gasteiger partial charge on any atom is 0.411 e. The number of methoxy groups -OCH3 is 1. The third kappa shape index (κ3) is 2.72. The molecule has 1 atom stereocenters. The van der Waals surface area contributed by atoms with Crippen molar-refractivity contribution in [2.24, 2.45) is 5.73 Å². The minimum Gasteiger partial charge on any atom is -0.384 e. The molecule has 1 rings (SSSR count). The number of halogens is 3. The Morgan fingerprint density at radius 2 is 2.12 bits per heavy atom. The molecule has 16 heavy (non-hydrogen) atoms. The number of nitrogens with zero attached hydrogens (tertiary/aromatic N) is 1. The van der Waals surface area contributed by atoms with Crippen LogP contribution in [0.1, 0.15) is 17.6 Å². The average Bonchev–Trinajstić information content (AvgIpc) is 2.61. The van der Waals surface area contributed by atoms with Gasteiger partial charge in [0.1, 0.15) is 0 Å². The second-order valence-electron chi connectivity index (χ2n) is 3.57. The molecule has 0 aliphatic carbocycles. The Morgan fingerprint density at radius 3 is 2.62 bits per heavy atom. The average molecular weight is 254 g/mol. The van der Waals surface area contributed by atoms with Crippen molar-refractivity contribution in [2.45, 2.75) is 25.1 Å². The van der Waals surface area contributed by atoms with Crippen LogP contribution in [-0.4, -0.2) is 24.9 Å². The van der Waals surface area contributed by atoms with E-state index in [1.807, 2.05) is 0 Å². The molecule has 0 aliphatic rings. The smallest absolute Gasteiger partial charge is 0.384 e. The van der Waals surface area contributed by atoms with E-state index < -0.39 is 11.7 Å². The highest BCUT2D eigenvalue weighted by atomic mass is 32.1. The highest BCUT2D eigenvalue weighted by Crippen LogP contribution is 2.36. The van der Waals surface area contributed by atoms with Gasteiger partial charge in [-0.2, -0.15) is 13.2 Å². The first kappa shape index (κ1) is 13.4. The fourth-order valence-electron chi connectivity index (χ4n) is 0.999. The highest BCUT2D eigenvalue weighted by Gasteiger charge is 2.50. The molecule has 0 amide bonds. The van der Waals surface area contributed by atoms with E-state index in [0.29, 0.717) is 18.0 Å². The summed E-state index contributed by atoms with van der Waals surface area (Å²) in [6.45, 7) is 1.35. The predicted molar refractivity (Wildman–Crippen MR) is 55.3 cm³/mol. The summed E-state index contributed by atoms with van der Waals surface area (Å²) in [7, 11) is 1.53. The van der Waals surface area contributed by atoms with E-state index in [2.05, 4.69) is 4.98 Å². The van der Waals surface area contributed by atoms with E-state index in [1.165, 1.54) is 12.5 Å². The molecular formula is C9H13F3N2OS. The minimum absolute atomic E-state index is 0.142. The monoisotopic (exact) mass is 254 g/mol. The van der Waals surface area contributed by atoms with Crippen LogP contribution >= 0.6 is 11.3 Å². The van der Waals surface area contributed by atoms with E-state index in [1.54, 1.807) is 0 Å². The Labute approximate surface area is 95.4 Å². The SMILES string of the molecule is COCCc1nc(C(C)(N)C(F)(F)F)cs1. The summed E-state index contributed by atoms with van der Waals surface area (Å²) < 4.78 is 42.6. The summed E-state index contributed by atoms with van der Waals surface area (Å²) in [5.74, 6) is 0. The van der Waals surface area contributed by atoms with Crippen LogP contribution in [0.2, 0.25) is 0 Å². The Bertz CT molecular complexity index is 349. The number of rotatable bonds is 4. The number of nitrogens with two attached hydrogens (primary N) is 1. The zero-order chi connectivity index (χ0) is 12.4. The van der Waals surface area contributed by atoms with Crippen molar-refractivity contribution in [3.63, 3.8) is 0 Å². The molecule has 0 fully saturated rings. The van der Waals surface area contributed by atoms with E-state index in [4.69, 9.17) is 10.5 Å². The highest BCUT2D eigenvalue weighted by molar-refractivity contribution is 7.09. The summed E-state index contributed by atoms with van der Waals surface area (Å²) in [5.41, 5.74) is 2.71. The summed E-state index contributed by atoms with van der Waals surface area (Å²) >= 11 is 1.16. The number of hydrogen-bond acceptors (Lipinski definition) is 4. The van der Waals surface area contributed by atoms with Gasteiger partial charge in [0, 0.05) is 18.9 Å². The molecular weight excluding hydrogens is 241 g/mol. The van der Waals surface area contributed by atoms with Crippen LogP contribution < -0.4 is 5.73 Å². The van der Waals surface area contributed by atoms with Gasteiger partial charge in [-0.25, -0.2) is 4.98 Å². The van der Waals surface area contributed by atoms with E-state index in [9.17, 15) is 13.2 Å². The lowest BCUT2D eigenvalue weighted by Crippen LogP contribution is -2.48. The van der Waals surface area contributed by atoms with Crippen LogP contribution in [0.25, 0.3) is 0 Å². The van der Waals surface area contributed by atoms with Crippen LogP contribution in [0, 0.1) is 0 Å². The van der Waals surface area contributed by atoms with Crippen molar-refractivity contribution in [1.29, 1.82) is 0 Å². The van der Waals surface area contributed by atoms with Crippen LogP contribution in [-0.2, 0) is 16.7 Å². The van der Waals surface area contributed by atoms with Crippen molar-refractivity contribution in [2.75, 3.05) is 13.7 Å². The second kappa shape index (κ2) is 4.68. The molecule has 1 aromatic heterocycles. The Kier molecular flexibility index (Phi) is 3.92. The van der Waals surface area contributed by atoms with Gasteiger partial charge in [-0.1, -0.05) is 0 Å². The first-order chi connectivity index (χ1) is 7.29. The third-order valence-electron chi connectivity index (χ3n) is 2.19. The van der Waals surface area contributed by atoms with Gasteiger partial charge >= 0.3 is 6.18 Å². The molecule has 1 aromatic rings. The Hall–Kier alpha value is -0.660. The van der Waals surface area contributed by atoms with Crippen LogP contribution in [0.4, 0.5) is 13.2 Å². The van der Waals surface area contributed by atoms with Crippen LogP contribution in [0.5, 0.6) is 0 Å². The number of hydrogen-bond donors (Lipinski definition) is 1. The molecule has 0 aromatic carbocycles. The summed E-state index contributed by atoms with van der Waals surface area (Å²) in [4.78, 5) is 3.88. The normalized spacial score (nSPS) is 16.1. The Morgan fingerprint density at radius 1 is 1.50 bits per heavy atom. The zero-order valence-corrected chi connectivity index (χ0v) is 9.78. The van der Waals surface area contributed by atoms with Gasteiger partial charge in [0.25, 0.3) is 0 Å². The van der Waals surface area contributed by atoms with Crippen LogP contribution in [0.15, 0.2) is 5.38 Å². The van der Waals surface area contributed by atoms with Crippen LogP contribution in [0.3, 0.4) is 0 Å². The minimum atomic E-state index is -4.50. The van der Waals surface area contributed by atoms with Gasteiger partial charge in [0.15, 0.2) is 5.54 Å². The molecule has 0 saturated carbocycles. The van der Waals surface area contributed by atoms with E-state index >= 15 is 0 Å². The molecule has 0 radical (unpaired) electrons. The van der Waals surface area contributed by atoms with Gasteiger partial charge < -0.3 is 10.5 Å². The van der Waals surface area contributed by atoms with Gasteiger partial charge in [-0.15, -0.1) is 11.3 Å². The number of ether oxygens (including phenoxy) is 1. The number of alkyl halides is 3. The lowest BCUT2D eigenvalue weighted by Gasteiger charge is -2.25. The molecule has 3 nitrogen and oxygen atoms in total. The van der Waals surface area contributed by atoms with Crippen molar-refractivity contribution in [3.05, 3.63) is 16.1 Å². The molecule has 0 bridgehead atoms. The van der Waals surface area contributed by atoms with Crippen molar-refractivity contribution < 1.29 is 17.9 Å². The lowest BCUT2D eigenvalue weighted by molar-refractivity contribution is -0.185. The topological polar surface area (TPSA) is 48.1 Å². The molecule has 1 heterocycles. The number of thiazole rings is 1. The van der Waals surface area contributed by atoms with E-state index in [-0.39, 0.29) is 5.69 Å². The second-order valence-corrected chi connectivity index (χ2v) is 4.51. The molecule has 0 saturated heterocycles. The number of aromatic nitrogens is 1. The molecule has 92 valence electrons. The zero-order valence-electron chi connectivity index (χ0n) is 8.97. The predicted octanol–water partition coefficient (Wildman–Crippen LogP) is 2.07. The third-order valence-corrected chi connectivity index (χ3v) is 3.10. The van der Waals surface area contributed by atoms with Crippen molar-refractivity contribution in [3.8, 4) is 0 Å². The Balaban J connectivity index is 2.85. The van der Waals surface area contributed by atoms with Gasteiger partial charge in [0.2, 0.25) is 0 Å². The van der Waals surface area contributed by atoms with Gasteiger partial charge in [0.05, 0.1) is 17.3 Å². The lowest BCUT2D eigenvalue weighted by atomic mass is 10.00. The van der Waals surface area contributed by atoms with Gasteiger partial charge in [-0.05, 0) is 6.92 Å². The fraction of sp³-hybridized carbons (Fsp3) is 0.667. The molecule has 1 unspecified atom stereocenters. The first-order valence-corrected chi connectivity index (χ1v) is 5.46. The van der Waals surface area contributed by atoms with Crippen molar-refractivity contribution >= 4 is 11.3 Å². The largest absolute Gasteiger partial charge is 0.411 e.